The number of hydrogen-bond acceptors (Lipinski definition) is 6. The molecule has 1 aliphatic rings. The summed E-state index contributed by atoms with van der Waals surface area (Å²) >= 11 is 0.995. The van der Waals surface area contributed by atoms with Crippen molar-refractivity contribution >= 4 is 38.7 Å². The van der Waals surface area contributed by atoms with Crippen LogP contribution in [-0.4, -0.2) is 58.5 Å². The summed E-state index contributed by atoms with van der Waals surface area (Å²) in [6.45, 7) is 3.13. The van der Waals surface area contributed by atoms with Crippen molar-refractivity contribution in [3.05, 3.63) is 42.5 Å². The molecule has 0 unspecified atom stereocenters. The number of rotatable bonds is 4. The Morgan fingerprint density at radius 2 is 1.92 bits per heavy atom. The minimum atomic E-state index is -3.66. The van der Waals surface area contributed by atoms with Crippen LogP contribution in [0.2, 0.25) is 0 Å². The average molecular weight is 378 g/mol. The van der Waals surface area contributed by atoms with Crippen LogP contribution in [-0.2, 0) is 14.8 Å². The van der Waals surface area contributed by atoms with Gasteiger partial charge in [0.2, 0.25) is 15.9 Å². The van der Waals surface area contributed by atoms with E-state index in [1.54, 1.807) is 35.3 Å². The highest BCUT2D eigenvalue weighted by Crippen LogP contribution is 2.25. The Morgan fingerprint density at radius 3 is 2.64 bits per heavy atom. The molecule has 0 bridgehead atoms. The Balaban J connectivity index is 1.74. The second-order valence-electron chi connectivity index (χ2n) is 5.50. The van der Waals surface area contributed by atoms with Crippen LogP contribution in [0.1, 0.15) is 6.92 Å². The van der Waals surface area contributed by atoms with Crippen molar-refractivity contribution in [1.29, 1.82) is 0 Å². The zero-order chi connectivity index (χ0) is 17.9. The molecule has 25 heavy (non-hydrogen) atoms. The summed E-state index contributed by atoms with van der Waals surface area (Å²) in [5, 5.41) is 0. The first kappa shape index (κ1) is 17.7. The highest BCUT2D eigenvalue weighted by molar-refractivity contribution is 7.89. The monoisotopic (exact) mass is 378 g/mol. The Morgan fingerprint density at radius 1 is 1.16 bits per heavy atom. The molecule has 0 aliphatic carbocycles. The predicted molar refractivity (Wildman–Crippen MR) is 96.7 cm³/mol. The summed E-state index contributed by atoms with van der Waals surface area (Å²) < 4.78 is 35.4. The van der Waals surface area contributed by atoms with Gasteiger partial charge in [-0.1, -0.05) is 24.3 Å². The minimum Gasteiger partial charge on any atom is -0.337 e. The summed E-state index contributed by atoms with van der Waals surface area (Å²) in [7, 11) is -3.66. The van der Waals surface area contributed by atoms with Gasteiger partial charge in [0, 0.05) is 32.3 Å². The van der Waals surface area contributed by atoms with Crippen molar-refractivity contribution < 1.29 is 13.2 Å². The summed E-state index contributed by atoms with van der Waals surface area (Å²) in [5.74, 6) is -0.110. The van der Waals surface area contributed by atoms with E-state index in [0.29, 0.717) is 24.1 Å². The zero-order valence-corrected chi connectivity index (χ0v) is 15.3. The van der Waals surface area contributed by atoms with Crippen LogP contribution in [0.5, 0.6) is 0 Å². The number of sulfonamides is 1. The van der Waals surface area contributed by atoms with E-state index in [4.69, 9.17) is 0 Å². The lowest BCUT2D eigenvalue weighted by Crippen LogP contribution is -2.50. The third-order valence-corrected chi connectivity index (χ3v) is 6.43. The quantitative estimate of drug-likeness (QED) is 0.597. The average Bonchev–Trinajstić information content (AvgIpc) is 3.10. The lowest BCUT2D eigenvalue weighted by Gasteiger charge is -2.33. The molecule has 7 nitrogen and oxygen atoms in total. The van der Waals surface area contributed by atoms with Gasteiger partial charge >= 0.3 is 0 Å². The maximum Gasteiger partial charge on any atom is 0.246 e. The molecule has 0 spiro atoms. The molecule has 0 atom stereocenters. The summed E-state index contributed by atoms with van der Waals surface area (Å²) in [6.07, 6.45) is 6.79. The van der Waals surface area contributed by atoms with E-state index >= 15 is 0 Å². The summed E-state index contributed by atoms with van der Waals surface area (Å²) in [6, 6.07) is 4.96. The molecular formula is C16H18N4O3S2. The van der Waals surface area contributed by atoms with Crippen molar-refractivity contribution in [3.63, 3.8) is 0 Å². The Kier molecular flexibility index (Phi) is 5.26. The maximum absolute atomic E-state index is 12.9. The van der Waals surface area contributed by atoms with Gasteiger partial charge < -0.3 is 4.90 Å². The molecule has 1 fully saturated rings. The van der Waals surface area contributed by atoms with Gasteiger partial charge in [-0.25, -0.2) is 8.42 Å². The standard InChI is InChI=1S/C16H18N4O3S2/c1-2-3-4-8-15(21)19-9-11-20(12-10-19)25(22,23)14-7-5-6-13-16(14)18-24-17-13/h2-8H,9-12H2,1H3/b3-2+,8-4+. The summed E-state index contributed by atoms with van der Waals surface area (Å²) in [5.41, 5.74) is 0.981. The first-order valence-corrected chi connectivity index (χ1v) is 10.0. The fraction of sp³-hybridized carbons (Fsp3) is 0.312. The molecule has 132 valence electrons. The number of hydrogen-bond donors (Lipinski definition) is 0. The number of carbonyl (C=O) groups is 1. The highest BCUT2D eigenvalue weighted by atomic mass is 32.2. The van der Waals surface area contributed by atoms with Crippen LogP contribution in [0.25, 0.3) is 11.0 Å². The van der Waals surface area contributed by atoms with Crippen molar-refractivity contribution in [2.45, 2.75) is 11.8 Å². The first-order valence-electron chi connectivity index (χ1n) is 7.84. The van der Waals surface area contributed by atoms with Crippen molar-refractivity contribution in [1.82, 2.24) is 18.0 Å². The number of piperazine rings is 1. The number of nitrogens with zero attached hydrogens (tertiary/aromatic N) is 4. The van der Waals surface area contributed by atoms with E-state index in [0.717, 1.165) is 11.7 Å². The van der Waals surface area contributed by atoms with Crippen LogP contribution in [0.3, 0.4) is 0 Å². The topological polar surface area (TPSA) is 83.5 Å². The van der Waals surface area contributed by atoms with Crippen molar-refractivity contribution in [2.24, 2.45) is 0 Å². The number of carbonyl (C=O) groups excluding carboxylic acids is 1. The van der Waals surface area contributed by atoms with Crippen molar-refractivity contribution in [3.8, 4) is 0 Å². The number of fused-ring (bicyclic) bond motifs is 1. The van der Waals surface area contributed by atoms with Crippen LogP contribution in [0.15, 0.2) is 47.4 Å². The zero-order valence-electron chi connectivity index (χ0n) is 13.7. The Labute approximate surface area is 150 Å². The maximum atomic E-state index is 12.9. The van der Waals surface area contributed by atoms with Crippen LogP contribution >= 0.6 is 11.7 Å². The summed E-state index contributed by atoms with van der Waals surface area (Å²) in [4.78, 5) is 13.9. The van der Waals surface area contributed by atoms with Gasteiger partial charge in [-0.2, -0.15) is 13.1 Å². The molecule has 0 saturated carbocycles. The molecule has 3 rings (SSSR count). The van der Waals surface area contributed by atoms with E-state index in [-0.39, 0.29) is 23.9 Å². The first-order chi connectivity index (χ1) is 12.0. The fourth-order valence-electron chi connectivity index (χ4n) is 2.63. The van der Waals surface area contributed by atoms with E-state index in [1.807, 2.05) is 13.0 Å². The Bertz CT molecular complexity index is 926. The second-order valence-corrected chi connectivity index (χ2v) is 7.94. The Hall–Kier alpha value is -2.10. The molecule has 9 heteroatoms. The number of amides is 1. The van der Waals surface area contributed by atoms with Crippen molar-refractivity contribution in [2.75, 3.05) is 26.2 Å². The largest absolute Gasteiger partial charge is 0.337 e. The SMILES string of the molecule is C/C=C/C=C/C(=O)N1CCN(S(=O)(=O)c2cccc3nsnc23)CC1. The van der Waals surface area contributed by atoms with Gasteiger partial charge in [-0.05, 0) is 19.1 Å². The number of aromatic nitrogens is 2. The van der Waals surface area contributed by atoms with Gasteiger partial charge in [-0.15, -0.1) is 0 Å². The van der Waals surface area contributed by atoms with E-state index < -0.39 is 10.0 Å². The van der Waals surface area contributed by atoms with Gasteiger partial charge in [0.1, 0.15) is 15.9 Å². The lowest BCUT2D eigenvalue weighted by atomic mass is 10.3. The molecule has 0 N–H and O–H groups in total. The predicted octanol–water partition coefficient (Wildman–Crippen LogP) is 1.66. The minimum absolute atomic E-state index is 0.110. The molecule has 1 saturated heterocycles. The number of allylic oxidation sites excluding steroid dienone is 3. The van der Waals surface area contributed by atoms with Crippen LogP contribution in [0.4, 0.5) is 0 Å². The van der Waals surface area contributed by atoms with Gasteiger partial charge in [0.05, 0.1) is 11.7 Å². The lowest BCUT2D eigenvalue weighted by molar-refractivity contribution is -0.127. The van der Waals surface area contributed by atoms with Gasteiger partial charge in [0.25, 0.3) is 0 Å². The molecule has 1 amide bonds. The third kappa shape index (κ3) is 3.63. The molecule has 1 aliphatic heterocycles. The molecule has 2 aromatic rings. The molecule has 0 radical (unpaired) electrons. The van der Waals surface area contributed by atoms with Gasteiger partial charge in [0.15, 0.2) is 0 Å². The van der Waals surface area contributed by atoms with Gasteiger partial charge in [-0.3, -0.25) is 4.79 Å². The molecular weight excluding hydrogens is 360 g/mol. The van der Waals surface area contributed by atoms with E-state index in [9.17, 15) is 13.2 Å². The van der Waals surface area contributed by atoms with Crippen LogP contribution in [0, 0.1) is 0 Å². The second kappa shape index (κ2) is 7.42. The van der Waals surface area contributed by atoms with Crippen LogP contribution < -0.4 is 0 Å². The van der Waals surface area contributed by atoms with E-state index in [1.165, 1.54) is 10.4 Å². The molecule has 2 heterocycles. The fourth-order valence-corrected chi connectivity index (χ4v) is 4.81. The molecule has 1 aromatic carbocycles. The normalized spacial score (nSPS) is 17.1. The molecule has 1 aromatic heterocycles. The highest BCUT2D eigenvalue weighted by Gasteiger charge is 2.31. The smallest absolute Gasteiger partial charge is 0.246 e. The van der Waals surface area contributed by atoms with E-state index in [2.05, 4.69) is 8.75 Å². The third-order valence-electron chi connectivity index (χ3n) is 3.96. The number of benzene rings is 1.